The number of rotatable bonds is 4. The van der Waals surface area contributed by atoms with E-state index in [-0.39, 0.29) is 0 Å². The minimum atomic E-state index is 0.441. The Hall–Kier alpha value is -3.09. The maximum Gasteiger partial charge on any atom is 0.266 e. The summed E-state index contributed by atoms with van der Waals surface area (Å²) in [5.41, 5.74) is 6.72. The number of aromatic nitrogens is 3. The summed E-state index contributed by atoms with van der Waals surface area (Å²) in [5, 5.41) is 15.1. The Morgan fingerprint density at radius 2 is 1.31 bits per heavy atom. The summed E-state index contributed by atoms with van der Waals surface area (Å²) in [7, 11) is 0. The predicted molar refractivity (Wildman–Crippen MR) is 114 cm³/mol. The van der Waals surface area contributed by atoms with Crippen molar-refractivity contribution in [2.45, 2.75) is 12.8 Å². The van der Waals surface area contributed by atoms with E-state index < -0.39 is 0 Å². The maximum absolute atomic E-state index is 5.89. The van der Waals surface area contributed by atoms with Gasteiger partial charge < -0.3 is 15.1 Å². The number of hydrogen-bond acceptors (Lipinski definition) is 6. The lowest BCUT2D eigenvalue weighted by Crippen LogP contribution is -2.20. The molecule has 6 heteroatoms. The number of hydrogen-bond donors (Lipinski definition) is 2. The molecule has 2 aliphatic heterocycles. The Morgan fingerprint density at radius 1 is 0.690 bits per heavy atom. The summed E-state index contributed by atoms with van der Waals surface area (Å²) >= 11 is 0. The summed E-state index contributed by atoms with van der Waals surface area (Å²) in [6.07, 6.45) is 8.43. The summed E-state index contributed by atoms with van der Waals surface area (Å²) in [5.74, 6) is 0.953. The molecule has 0 bridgehead atoms. The van der Waals surface area contributed by atoms with Crippen molar-refractivity contribution in [1.82, 2.24) is 25.8 Å². The molecule has 4 heterocycles. The quantitative estimate of drug-likeness (QED) is 0.715. The van der Waals surface area contributed by atoms with Gasteiger partial charge in [0.2, 0.25) is 5.89 Å². The normalized spacial score (nSPS) is 17.0. The summed E-state index contributed by atoms with van der Waals surface area (Å²) in [6, 6.07) is 12.3. The van der Waals surface area contributed by atoms with E-state index in [1.165, 1.54) is 16.7 Å². The molecule has 5 rings (SSSR count). The average Bonchev–Trinajstić information content (AvgIpc) is 3.31. The molecule has 29 heavy (non-hydrogen) atoms. The number of pyridine rings is 1. The first-order chi connectivity index (χ1) is 14.4. The van der Waals surface area contributed by atoms with E-state index in [0.29, 0.717) is 17.5 Å². The highest BCUT2D eigenvalue weighted by atomic mass is 16.4. The Morgan fingerprint density at radius 3 is 1.93 bits per heavy atom. The molecular formula is C23H23N5O. The SMILES string of the molecule is C1=C(c2ccc(-c3nnc(-c4ccc(C5=CCNCC5)cn4)o3)cc2)CCNC1. The molecule has 0 fully saturated rings. The van der Waals surface area contributed by atoms with Gasteiger partial charge in [-0.1, -0.05) is 30.4 Å². The smallest absolute Gasteiger partial charge is 0.266 e. The molecule has 0 amide bonds. The van der Waals surface area contributed by atoms with Crippen LogP contribution < -0.4 is 10.6 Å². The van der Waals surface area contributed by atoms with Crippen molar-refractivity contribution in [3.05, 3.63) is 65.9 Å². The minimum absolute atomic E-state index is 0.441. The maximum atomic E-state index is 5.89. The molecule has 0 aliphatic carbocycles. The summed E-state index contributed by atoms with van der Waals surface area (Å²) in [6.45, 7) is 3.88. The third-order valence-corrected chi connectivity index (χ3v) is 5.41. The van der Waals surface area contributed by atoms with Crippen LogP contribution in [0.15, 0.2) is 59.2 Å². The molecule has 0 unspecified atom stereocenters. The van der Waals surface area contributed by atoms with Gasteiger partial charge in [0, 0.05) is 24.8 Å². The van der Waals surface area contributed by atoms with Crippen LogP contribution >= 0.6 is 0 Å². The third kappa shape index (κ3) is 3.90. The van der Waals surface area contributed by atoms with Crippen LogP contribution in [-0.2, 0) is 0 Å². The topological polar surface area (TPSA) is 75.9 Å². The van der Waals surface area contributed by atoms with Crippen molar-refractivity contribution >= 4 is 11.1 Å². The molecule has 0 atom stereocenters. The van der Waals surface area contributed by atoms with Gasteiger partial charge in [-0.2, -0.15) is 0 Å². The van der Waals surface area contributed by atoms with Gasteiger partial charge in [-0.3, -0.25) is 4.98 Å². The Labute approximate surface area is 169 Å². The second kappa shape index (κ2) is 8.11. The Bertz CT molecular complexity index is 964. The van der Waals surface area contributed by atoms with Crippen LogP contribution in [0.4, 0.5) is 0 Å². The molecule has 2 N–H and O–H groups in total. The lowest BCUT2D eigenvalue weighted by molar-refractivity contribution is 0.582. The minimum Gasteiger partial charge on any atom is -0.415 e. The fourth-order valence-electron chi connectivity index (χ4n) is 3.75. The Kier molecular flexibility index (Phi) is 5.02. The van der Waals surface area contributed by atoms with Gasteiger partial charge in [0.1, 0.15) is 5.69 Å². The van der Waals surface area contributed by atoms with Crippen LogP contribution in [0.3, 0.4) is 0 Å². The lowest BCUT2D eigenvalue weighted by Gasteiger charge is -2.14. The second-order valence-corrected chi connectivity index (χ2v) is 7.29. The first kappa shape index (κ1) is 18.0. The van der Waals surface area contributed by atoms with Crippen LogP contribution in [0, 0.1) is 0 Å². The van der Waals surface area contributed by atoms with Crippen molar-refractivity contribution in [3.63, 3.8) is 0 Å². The van der Waals surface area contributed by atoms with Crippen LogP contribution in [0.25, 0.3) is 34.2 Å². The Balaban J connectivity index is 1.34. The van der Waals surface area contributed by atoms with Crippen LogP contribution in [0.5, 0.6) is 0 Å². The van der Waals surface area contributed by atoms with E-state index in [0.717, 1.165) is 50.1 Å². The zero-order valence-corrected chi connectivity index (χ0v) is 16.2. The highest BCUT2D eigenvalue weighted by molar-refractivity contribution is 5.69. The van der Waals surface area contributed by atoms with Gasteiger partial charge in [-0.15, -0.1) is 10.2 Å². The van der Waals surface area contributed by atoms with Gasteiger partial charge in [0.15, 0.2) is 0 Å². The van der Waals surface area contributed by atoms with Crippen LogP contribution in [0.2, 0.25) is 0 Å². The molecule has 0 radical (unpaired) electrons. The molecule has 1 aromatic carbocycles. The molecule has 0 spiro atoms. The fourth-order valence-corrected chi connectivity index (χ4v) is 3.75. The molecule has 3 aromatic rings. The van der Waals surface area contributed by atoms with Gasteiger partial charge in [-0.05, 0) is 66.4 Å². The van der Waals surface area contributed by atoms with E-state index in [1.54, 1.807) is 0 Å². The molecule has 0 saturated heterocycles. The molecule has 0 saturated carbocycles. The number of nitrogens with zero attached hydrogens (tertiary/aromatic N) is 3. The highest BCUT2D eigenvalue weighted by Gasteiger charge is 2.13. The van der Waals surface area contributed by atoms with E-state index in [9.17, 15) is 0 Å². The molecule has 146 valence electrons. The monoisotopic (exact) mass is 385 g/mol. The number of nitrogens with one attached hydrogen (secondary N) is 2. The zero-order valence-electron chi connectivity index (χ0n) is 16.2. The van der Waals surface area contributed by atoms with Crippen molar-refractivity contribution in [2.75, 3.05) is 26.2 Å². The van der Waals surface area contributed by atoms with Crippen molar-refractivity contribution < 1.29 is 4.42 Å². The number of benzene rings is 1. The lowest BCUT2D eigenvalue weighted by atomic mass is 9.99. The third-order valence-electron chi connectivity index (χ3n) is 5.41. The van der Waals surface area contributed by atoms with Gasteiger partial charge in [-0.25, -0.2) is 0 Å². The first-order valence-corrected chi connectivity index (χ1v) is 10.1. The standard InChI is InChI=1S/C23H23N5O/c1-3-19(4-2-16(1)17-7-11-24-12-8-17)22-27-28-23(29-22)21-6-5-20(15-26-21)18-9-13-25-14-10-18/h1-7,9,15,24-25H,8,10-14H2. The van der Waals surface area contributed by atoms with E-state index >= 15 is 0 Å². The van der Waals surface area contributed by atoms with Crippen molar-refractivity contribution in [2.24, 2.45) is 0 Å². The predicted octanol–water partition coefficient (Wildman–Crippen LogP) is 3.55. The van der Waals surface area contributed by atoms with E-state index in [2.05, 4.69) is 56.2 Å². The van der Waals surface area contributed by atoms with Crippen molar-refractivity contribution in [3.8, 4) is 23.0 Å². The van der Waals surface area contributed by atoms with E-state index in [4.69, 9.17) is 4.42 Å². The second-order valence-electron chi connectivity index (χ2n) is 7.29. The summed E-state index contributed by atoms with van der Waals surface area (Å²) in [4.78, 5) is 4.54. The first-order valence-electron chi connectivity index (χ1n) is 10.1. The highest BCUT2D eigenvalue weighted by Crippen LogP contribution is 2.27. The van der Waals surface area contributed by atoms with Crippen LogP contribution in [0.1, 0.15) is 24.0 Å². The van der Waals surface area contributed by atoms with Crippen LogP contribution in [-0.4, -0.2) is 41.4 Å². The zero-order chi connectivity index (χ0) is 19.5. The van der Waals surface area contributed by atoms with Crippen molar-refractivity contribution in [1.29, 1.82) is 0 Å². The largest absolute Gasteiger partial charge is 0.415 e. The molecular weight excluding hydrogens is 362 g/mol. The fraction of sp³-hybridized carbons (Fsp3) is 0.261. The summed E-state index contributed by atoms with van der Waals surface area (Å²) < 4.78 is 5.89. The average molecular weight is 385 g/mol. The van der Waals surface area contributed by atoms with Gasteiger partial charge in [0.05, 0.1) is 0 Å². The van der Waals surface area contributed by atoms with E-state index in [1.807, 2.05) is 24.4 Å². The van der Waals surface area contributed by atoms with Gasteiger partial charge in [0.25, 0.3) is 5.89 Å². The molecule has 6 nitrogen and oxygen atoms in total. The molecule has 2 aliphatic rings. The van der Waals surface area contributed by atoms with Gasteiger partial charge >= 0.3 is 0 Å². The molecule has 2 aromatic heterocycles.